The van der Waals surface area contributed by atoms with E-state index in [4.69, 9.17) is 0 Å². The molecule has 4 aromatic rings. The van der Waals surface area contributed by atoms with Gasteiger partial charge in [-0.3, -0.25) is 9.59 Å². The summed E-state index contributed by atoms with van der Waals surface area (Å²) in [5.74, 6) is 0.340. The van der Waals surface area contributed by atoms with Gasteiger partial charge in [-0.1, -0.05) is 49.6 Å². The van der Waals surface area contributed by atoms with E-state index >= 15 is 0 Å². The van der Waals surface area contributed by atoms with Gasteiger partial charge < -0.3 is 14.0 Å². The highest BCUT2D eigenvalue weighted by molar-refractivity contribution is 7.87. The first-order valence-corrected chi connectivity index (χ1v) is 16.5. The molecule has 228 valence electrons. The summed E-state index contributed by atoms with van der Waals surface area (Å²) in [6, 6.07) is 13.6. The van der Waals surface area contributed by atoms with Crippen molar-refractivity contribution in [3.63, 3.8) is 0 Å². The molecule has 3 aliphatic rings. The molecule has 0 unspecified atom stereocenters. The van der Waals surface area contributed by atoms with Crippen molar-refractivity contribution < 1.29 is 18.0 Å². The van der Waals surface area contributed by atoms with Crippen molar-refractivity contribution >= 4 is 39.0 Å². The lowest BCUT2D eigenvalue weighted by Crippen LogP contribution is -2.39. The van der Waals surface area contributed by atoms with Crippen molar-refractivity contribution in [1.29, 1.82) is 0 Å². The van der Waals surface area contributed by atoms with Crippen LogP contribution in [0.3, 0.4) is 0 Å². The fraction of sp³-hybridized carbons (Fsp3) is 0.375. The van der Waals surface area contributed by atoms with E-state index in [1.165, 1.54) is 26.1 Å². The van der Waals surface area contributed by atoms with Gasteiger partial charge in [-0.2, -0.15) is 12.7 Å². The summed E-state index contributed by atoms with van der Waals surface area (Å²) < 4.78 is 32.2. The smallest absolute Gasteiger partial charge is 0.303 e. The van der Waals surface area contributed by atoms with Crippen LogP contribution in [-0.4, -0.2) is 69.4 Å². The van der Waals surface area contributed by atoms with Gasteiger partial charge in [0.1, 0.15) is 6.33 Å². The van der Waals surface area contributed by atoms with E-state index in [0.29, 0.717) is 37.7 Å². The summed E-state index contributed by atoms with van der Waals surface area (Å²) in [5, 5.41) is 9.23. The maximum absolute atomic E-state index is 14.1. The van der Waals surface area contributed by atoms with E-state index in [-0.39, 0.29) is 11.5 Å². The molecule has 11 nitrogen and oxygen atoms in total. The van der Waals surface area contributed by atoms with Crippen LogP contribution in [0.25, 0.3) is 28.2 Å². The Kier molecular flexibility index (Phi) is 7.13. The Morgan fingerprint density at radius 1 is 1.00 bits per heavy atom. The van der Waals surface area contributed by atoms with E-state index in [1.54, 1.807) is 18.5 Å². The van der Waals surface area contributed by atoms with Gasteiger partial charge in [-0.15, -0.1) is 10.2 Å². The van der Waals surface area contributed by atoms with Crippen LogP contribution in [0.15, 0.2) is 54.4 Å². The third-order valence-electron chi connectivity index (χ3n) is 9.16. The average Bonchev–Trinajstić information content (AvgIpc) is 3.58. The number of rotatable bonds is 5. The van der Waals surface area contributed by atoms with Gasteiger partial charge in [0, 0.05) is 54.8 Å². The van der Waals surface area contributed by atoms with Crippen molar-refractivity contribution in [2.75, 3.05) is 20.6 Å². The number of hydrogen-bond donors (Lipinski definition) is 1. The topological polar surface area (TPSA) is 122 Å². The number of carbonyl (C=O) groups excluding carboxylic acids is 2. The molecule has 0 spiro atoms. The van der Waals surface area contributed by atoms with Crippen molar-refractivity contribution in [1.82, 2.24) is 33.3 Å². The number of benzene rings is 2. The number of amides is 2. The number of carbonyl (C=O) groups is 2. The van der Waals surface area contributed by atoms with Crippen LogP contribution in [0.1, 0.15) is 65.3 Å². The van der Waals surface area contributed by atoms with E-state index in [0.717, 1.165) is 63.5 Å². The molecule has 2 aromatic heterocycles. The average molecular weight is 614 g/mol. The SMILES string of the molecule is CN(C)S(=O)(=O)NC(=O)c1ccc2c(C3CCCCC3)c3n(c2c1)CC(C(=O)N1CCn2cnnc2C1)=Cc1ccccc1-3. The van der Waals surface area contributed by atoms with Crippen LogP contribution >= 0.6 is 0 Å². The Hall–Kier alpha value is -4.29. The first-order chi connectivity index (χ1) is 21.2. The second-order valence-electron chi connectivity index (χ2n) is 12.1. The molecular weight excluding hydrogens is 578 g/mol. The van der Waals surface area contributed by atoms with Crippen molar-refractivity contribution in [3.8, 4) is 11.3 Å². The summed E-state index contributed by atoms with van der Waals surface area (Å²) in [4.78, 5) is 29.2. The molecule has 1 N–H and O–H groups in total. The van der Waals surface area contributed by atoms with E-state index < -0.39 is 16.1 Å². The van der Waals surface area contributed by atoms with Crippen LogP contribution in [0.5, 0.6) is 0 Å². The molecule has 4 heterocycles. The summed E-state index contributed by atoms with van der Waals surface area (Å²) >= 11 is 0. The maximum Gasteiger partial charge on any atom is 0.303 e. The molecule has 1 fully saturated rings. The molecule has 0 atom stereocenters. The number of fused-ring (bicyclic) bond motifs is 6. The van der Waals surface area contributed by atoms with Crippen LogP contribution in [0.2, 0.25) is 0 Å². The molecule has 1 aliphatic carbocycles. The minimum absolute atomic E-state index is 0.0612. The molecule has 2 aromatic carbocycles. The van der Waals surface area contributed by atoms with Crippen molar-refractivity contribution in [3.05, 3.63) is 76.9 Å². The van der Waals surface area contributed by atoms with Crippen LogP contribution in [-0.2, 0) is 34.6 Å². The second-order valence-corrected chi connectivity index (χ2v) is 13.9. The number of nitrogens with zero attached hydrogens (tertiary/aromatic N) is 6. The van der Waals surface area contributed by atoms with Gasteiger partial charge in [0.25, 0.3) is 11.8 Å². The quantitative estimate of drug-likeness (QED) is 0.364. The molecule has 1 saturated carbocycles. The predicted octanol–water partition coefficient (Wildman–Crippen LogP) is 3.92. The zero-order valence-corrected chi connectivity index (χ0v) is 25.7. The molecule has 7 rings (SSSR count). The van der Waals surface area contributed by atoms with E-state index in [9.17, 15) is 18.0 Å². The van der Waals surface area contributed by atoms with E-state index in [1.807, 2.05) is 33.7 Å². The Bertz CT molecular complexity index is 1930. The summed E-state index contributed by atoms with van der Waals surface area (Å²) in [7, 11) is -1.22. The molecule has 44 heavy (non-hydrogen) atoms. The van der Waals surface area contributed by atoms with Gasteiger partial charge in [-0.25, -0.2) is 4.72 Å². The van der Waals surface area contributed by atoms with Crippen molar-refractivity contribution in [2.24, 2.45) is 0 Å². The largest absolute Gasteiger partial charge is 0.335 e. The first-order valence-electron chi connectivity index (χ1n) is 15.1. The molecule has 2 aliphatic heterocycles. The highest BCUT2D eigenvalue weighted by atomic mass is 32.2. The van der Waals surface area contributed by atoms with Crippen LogP contribution in [0, 0.1) is 0 Å². The highest BCUT2D eigenvalue weighted by Crippen LogP contribution is 2.46. The Morgan fingerprint density at radius 2 is 1.80 bits per heavy atom. The second kappa shape index (κ2) is 11.0. The monoisotopic (exact) mass is 613 g/mol. The first kappa shape index (κ1) is 28.5. The Labute approximate surface area is 256 Å². The normalized spacial score (nSPS) is 17.1. The third-order valence-corrected chi connectivity index (χ3v) is 10.6. The van der Waals surface area contributed by atoms with Crippen molar-refractivity contribution in [2.45, 2.75) is 57.7 Å². The minimum atomic E-state index is -3.97. The van der Waals surface area contributed by atoms with Gasteiger partial charge in [0.05, 0.1) is 18.8 Å². The standard InChI is InChI=1S/C32H35N7O4S/c1-36(2)44(42,43)35-31(40)23-12-13-26-27(17-23)39-18-24(32(41)37-14-15-38-20-33-34-28(38)19-37)16-22-10-6-7-11-25(22)30(39)29(26)21-8-4-3-5-9-21/h6-7,10-13,16-17,20-21H,3-5,8-9,14-15,18-19H2,1-2H3,(H,35,40). The summed E-state index contributed by atoms with van der Waals surface area (Å²) in [6.07, 6.45) is 9.37. The Morgan fingerprint density at radius 3 is 2.59 bits per heavy atom. The molecule has 0 saturated heterocycles. The lowest BCUT2D eigenvalue weighted by Gasteiger charge is -2.28. The summed E-state index contributed by atoms with van der Waals surface area (Å²) in [5.41, 5.74) is 6.02. The number of hydrogen-bond acceptors (Lipinski definition) is 6. The van der Waals surface area contributed by atoms with Gasteiger partial charge in [0.2, 0.25) is 0 Å². The molecule has 0 radical (unpaired) electrons. The Balaban J connectivity index is 1.38. The van der Waals surface area contributed by atoms with Crippen LogP contribution in [0.4, 0.5) is 0 Å². The van der Waals surface area contributed by atoms with Gasteiger partial charge in [-0.05, 0) is 48.1 Å². The fourth-order valence-electron chi connectivity index (χ4n) is 6.86. The summed E-state index contributed by atoms with van der Waals surface area (Å²) in [6.45, 7) is 1.89. The van der Waals surface area contributed by atoms with Gasteiger partial charge in [0.15, 0.2) is 5.82 Å². The van der Waals surface area contributed by atoms with Gasteiger partial charge >= 0.3 is 10.2 Å². The van der Waals surface area contributed by atoms with E-state index in [2.05, 4.69) is 31.6 Å². The zero-order chi connectivity index (χ0) is 30.6. The van der Waals surface area contributed by atoms with Crippen LogP contribution < -0.4 is 4.72 Å². The fourth-order valence-corrected chi connectivity index (χ4v) is 7.39. The maximum atomic E-state index is 14.1. The zero-order valence-electron chi connectivity index (χ0n) is 24.9. The highest BCUT2D eigenvalue weighted by Gasteiger charge is 2.32. The lowest BCUT2D eigenvalue weighted by atomic mass is 9.81. The third kappa shape index (κ3) is 4.91. The lowest BCUT2D eigenvalue weighted by molar-refractivity contribution is -0.128. The molecule has 2 amide bonds. The predicted molar refractivity (Wildman–Crippen MR) is 167 cm³/mol. The molecule has 0 bridgehead atoms. The molecule has 12 heteroatoms. The number of nitrogens with one attached hydrogen (secondary N) is 1. The minimum Gasteiger partial charge on any atom is -0.335 e. The molecular formula is C32H35N7O4S. The number of aromatic nitrogens is 4.